The minimum atomic E-state index is -0.508. The first-order valence-electron chi connectivity index (χ1n) is 12.9. The summed E-state index contributed by atoms with van der Waals surface area (Å²) < 4.78 is 0. The van der Waals surface area contributed by atoms with Crippen LogP contribution in [-0.2, 0) is 0 Å². The lowest BCUT2D eigenvalue weighted by Crippen LogP contribution is -2.39. The second-order valence-electron chi connectivity index (χ2n) is 9.95. The molecule has 0 N–H and O–H groups in total. The molecule has 0 aliphatic carbocycles. The standard InChI is InChI=1S/C27H32N4O6/c32-26(22-8-1-3-10-24(22)30(34)35)28-16-12-20(13-17-28)6-5-7-21-14-18-29(19-15-21)27(33)23-9-2-4-11-25(23)31(36)37/h1-4,8-11,20-21H,5-7,12-19H2. The highest BCUT2D eigenvalue weighted by molar-refractivity contribution is 5.98. The molecule has 2 aliphatic heterocycles. The van der Waals surface area contributed by atoms with E-state index in [0.717, 1.165) is 44.9 Å². The lowest BCUT2D eigenvalue weighted by molar-refractivity contribution is -0.385. The van der Waals surface area contributed by atoms with Gasteiger partial charge in [0.2, 0.25) is 0 Å². The summed E-state index contributed by atoms with van der Waals surface area (Å²) >= 11 is 0. The van der Waals surface area contributed by atoms with E-state index in [0.29, 0.717) is 38.0 Å². The fourth-order valence-corrected chi connectivity index (χ4v) is 5.51. The zero-order valence-electron chi connectivity index (χ0n) is 20.8. The number of para-hydroxylation sites is 2. The average Bonchev–Trinajstić information content (AvgIpc) is 2.93. The fourth-order valence-electron chi connectivity index (χ4n) is 5.51. The molecule has 2 aromatic rings. The summed E-state index contributed by atoms with van der Waals surface area (Å²) in [5.74, 6) is 0.533. The third-order valence-corrected chi connectivity index (χ3v) is 7.69. The molecule has 0 bridgehead atoms. The van der Waals surface area contributed by atoms with Crippen LogP contribution in [0.5, 0.6) is 0 Å². The number of nitrogens with zero attached hydrogens (tertiary/aromatic N) is 4. The molecule has 0 unspecified atom stereocenters. The molecular formula is C27H32N4O6. The van der Waals surface area contributed by atoms with Crippen LogP contribution in [0.4, 0.5) is 11.4 Å². The van der Waals surface area contributed by atoms with E-state index >= 15 is 0 Å². The second-order valence-corrected chi connectivity index (χ2v) is 9.95. The minimum Gasteiger partial charge on any atom is -0.338 e. The summed E-state index contributed by atoms with van der Waals surface area (Å²) in [7, 11) is 0. The predicted molar refractivity (Wildman–Crippen MR) is 137 cm³/mol. The Kier molecular flexibility index (Phi) is 8.47. The predicted octanol–water partition coefficient (Wildman–Crippen LogP) is 5.08. The van der Waals surface area contributed by atoms with Gasteiger partial charge in [-0.15, -0.1) is 0 Å². The molecule has 0 radical (unpaired) electrons. The zero-order chi connectivity index (χ0) is 26.4. The SMILES string of the molecule is O=C(c1ccccc1[N+](=O)[O-])N1CCC(CCCC2CCN(C(=O)c3ccccc3[N+](=O)[O-])CC2)CC1. The number of amides is 2. The Balaban J connectivity index is 1.18. The van der Waals surface area contributed by atoms with Crippen LogP contribution < -0.4 is 0 Å². The van der Waals surface area contributed by atoms with Crippen LogP contribution in [0.15, 0.2) is 48.5 Å². The molecule has 0 atom stereocenters. The summed E-state index contributed by atoms with van der Waals surface area (Å²) in [6.45, 7) is 2.45. The Morgan fingerprint density at radius 2 is 1.03 bits per heavy atom. The highest BCUT2D eigenvalue weighted by Gasteiger charge is 2.30. The number of benzene rings is 2. The molecule has 10 nitrogen and oxygen atoms in total. The van der Waals surface area contributed by atoms with Gasteiger partial charge in [0.25, 0.3) is 23.2 Å². The third-order valence-electron chi connectivity index (χ3n) is 7.69. The van der Waals surface area contributed by atoms with E-state index in [9.17, 15) is 29.8 Å². The maximum Gasteiger partial charge on any atom is 0.282 e. The van der Waals surface area contributed by atoms with Crippen molar-refractivity contribution >= 4 is 23.2 Å². The Bertz CT molecular complexity index is 1060. The van der Waals surface area contributed by atoms with E-state index in [1.807, 2.05) is 0 Å². The molecule has 0 saturated carbocycles. The molecule has 10 heteroatoms. The lowest BCUT2D eigenvalue weighted by Gasteiger charge is -2.33. The van der Waals surface area contributed by atoms with Gasteiger partial charge in [-0.3, -0.25) is 29.8 Å². The third kappa shape index (κ3) is 6.31. The first kappa shape index (κ1) is 26.2. The second kappa shape index (κ2) is 11.9. The summed E-state index contributed by atoms with van der Waals surface area (Å²) in [6.07, 6.45) is 6.85. The van der Waals surface area contributed by atoms with Crippen LogP contribution in [-0.4, -0.2) is 57.6 Å². The Hall–Kier alpha value is -3.82. The molecule has 4 rings (SSSR count). The monoisotopic (exact) mass is 508 g/mol. The van der Waals surface area contributed by atoms with Crippen LogP contribution in [0.1, 0.15) is 65.7 Å². The van der Waals surface area contributed by atoms with Crippen LogP contribution in [0.2, 0.25) is 0 Å². The van der Waals surface area contributed by atoms with Gasteiger partial charge < -0.3 is 9.80 Å². The van der Waals surface area contributed by atoms with Gasteiger partial charge in [0, 0.05) is 38.3 Å². The number of hydrogen-bond donors (Lipinski definition) is 0. The van der Waals surface area contributed by atoms with Crippen molar-refractivity contribution in [1.29, 1.82) is 0 Å². The summed E-state index contributed by atoms with van der Waals surface area (Å²) in [4.78, 5) is 50.6. The molecule has 2 amide bonds. The molecule has 196 valence electrons. The Labute approximate surface area is 215 Å². The van der Waals surface area contributed by atoms with Gasteiger partial charge in [0.1, 0.15) is 11.1 Å². The number of likely N-dealkylation sites (tertiary alicyclic amines) is 2. The normalized spacial score (nSPS) is 17.0. The van der Waals surface area contributed by atoms with Crippen LogP contribution in [0.25, 0.3) is 0 Å². The number of carbonyl (C=O) groups excluding carboxylic acids is 2. The highest BCUT2D eigenvalue weighted by atomic mass is 16.6. The van der Waals surface area contributed by atoms with Crippen molar-refractivity contribution < 1.29 is 19.4 Å². The van der Waals surface area contributed by atoms with Gasteiger partial charge in [-0.25, -0.2) is 0 Å². The topological polar surface area (TPSA) is 127 Å². The van der Waals surface area contributed by atoms with Gasteiger partial charge in [0.05, 0.1) is 9.85 Å². The molecule has 37 heavy (non-hydrogen) atoms. The van der Waals surface area contributed by atoms with Crippen molar-refractivity contribution in [2.45, 2.75) is 44.9 Å². The summed E-state index contributed by atoms with van der Waals surface area (Å²) in [6, 6.07) is 12.2. The summed E-state index contributed by atoms with van der Waals surface area (Å²) in [5.41, 5.74) is 0.00371. The molecule has 2 fully saturated rings. The van der Waals surface area contributed by atoms with E-state index in [1.165, 1.54) is 24.3 Å². The van der Waals surface area contributed by atoms with Crippen molar-refractivity contribution in [2.75, 3.05) is 26.2 Å². The molecule has 2 saturated heterocycles. The maximum absolute atomic E-state index is 12.8. The fraction of sp³-hybridized carbons (Fsp3) is 0.481. The van der Waals surface area contributed by atoms with E-state index in [-0.39, 0.29) is 34.3 Å². The van der Waals surface area contributed by atoms with Crippen molar-refractivity contribution in [3.63, 3.8) is 0 Å². The number of rotatable bonds is 8. The molecule has 2 aliphatic rings. The Morgan fingerprint density at radius 3 is 1.38 bits per heavy atom. The van der Waals surface area contributed by atoms with Crippen molar-refractivity contribution in [2.24, 2.45) is 11.8 Å². The molecular weight excluding hydrogens is 476 g/mol. The van der Waals surface area contributed by atoms with Crippen molar-refractivity contribution in [3.05, 3.63) is 79.9 Å². The van der Waals surface area contributed by atoms with Gasteiger partial charge in [0.15, 0.2) is 0 Å². The van der Waals surface area contributed by atoms with E-state index in [1.54, 1.807) is 34.1 Å². The maximum atomic E-state index is 12.8. The Morgan fingerprint density at radius 1 is 0.676 bits per heavy atom. The van der Waals surface area contributed by atoms with E-state index in [2.05, 4.69) is 0 Å². The quantitative estimate of drug-likeness (QED) is 0.361. The number of nitro benzene ring substituents is 2. The largest absolute Gasteiger partial charge is 0.338 e. The van der Waals surface area contributed by atoms with Gasteiger partial charge in [-0.05, 0) is 49.7 Å². The van der Waals surface area contributed by atoms with E-state index < -0.39 is 9.85 Å². The number of hydrogen-bond acceptors (Lipinski definition) is 6. The first-order valence-corrected chi connectivity index (χ1v) is 12.9. The summed E-state index contributed by atoms with van der Waals surface area (Å²) in [5, 5.41) is 22.5. The average molecular weight is 509 g/mol. The van der Waals surface area contributed by atoms with Gasteiger partial charge in [-0.1, -0.05) is 43.5 Å². The highest BCUT2D eigenvalue weighted by Crippen LogP contribution is 2.30. The smallest absolute Gasteiger partial charge is 0.282 e. The number of carbonyl (C=O) groups is 2. The van der Waals surface area contributed by atoms with Gasteiger partial charge in [-0.2, -0.15) is 0 Å². The van der Waals surface area contributed by atoms with Crippen LogP contribution in [0, 0.1) is 32.1 Å². The molecule has 2 aromatic carbocycles. The molecule has 2 heterocycles. The van der Waals surface area contributed by atoms with E-state index in [4.69, 9.17) is 0 Å². The molecule has 0 aromatic heterocycles. The molecule has 0 spiro atoms. The number of piperidine rings is 2. The zero-order valence-corrected chi connectivity index (χ0v) is 20.8. The van der Waals surface area contributed by atoms with Crippen molar-refractivity contribution in [1.82, 2.24) is 9.80 Å². The number of nitro groups is 2. The van der Waals surface area contributed by atoms with Gasteiger partial charge >= 0.3 is 0 Å². The minimum absolute atomic E-state index is 0.149. The lowest BCUT2D eigenvalue weighted by atomic mass is 9.86. The van der Waals surface area contributed by atoms with Crippen molar-refractivity contribution in [3.8, 4) is 0 Å². The first-order chi connectivity index (χ1) is 17.8. The van der Waals surface area contributed by atoms with Crippen LogP contribution in [0.3, 0.4) is 0 Å². The van der Waals surface area contributed by atoms with Crippen LogP contribution >= 0.6 is 0 Å².